The fourth-order valence-electron chi connectivity index (χ4n) is 1.80. The molecule has 68 valence electrons. The van der Waals surface area contributed by atoms with E-state index in [1.807, 2.05) is 6.92 Å². The van der Waals surface area contributed by atoms with Crippen molar-refractivity contribution in [1.29, 1.82) is 0 Å². The molecule has 1 heterocycles. The van der Waals surface area contributed by atoms with E-state index in [2.05, 4.69) is 32.9 Å². The van der Waals surface area contributed by atoms with Crippen molar-refractivity contribution in [3.63, 3.8) is 0 Å². The molecule has 1 heteroatoms. The Balaban J connectivity index is 2.95. The molecule has 0 aliphatic carbocycles. The van der Waals surface area contributed by atoms with Gasteiger partial charge in [0.1, 0.15) is 11.3 Å². The molecule has 0 aliphatic heterocycles. The zero-order chi connectivity index (χ0) is 9.59. The van der Waals surface area contributed by atoms with E-state index in [1.54, 1.807) is 0 Å². The fraction of sp³-hybridized carbons (Fsp3) is 0.333. The van der Waals surface area contributed by atoms with Crippen molar-refractivity contribution in [2.45, 2.75) is 27.7 Å². The van der Waals surface area contributed by atoms with Gasteiger partial charge in [-0.05, 0) is 50.5 Å². The summed E-state index contributed by atoms with van der Waals surface area (Å²) in [5.74, 6) is 0.992. The molecular formula is C12H14O. The van der Waals surface area contributed by atoms with Crippen LogP contribution in [0.1, 0.15) is 22.5 Å². The quantitative estimate of drug-likeness (QED) is 0.594. The molecule has 0 amide bonds. The van der Waals surface area contributed by atoms with Gasteiger partial charge in [0.2, 0.25) is 0 Å². The first-order valence-electron chi connectivity index (χ1n) is 4.56. The average Bonchev–Trinajstić information content (AvgIpc) is 2.44. The zero-order valence-electron chi connectivity index (χ0n) is 8.56. The number of benzene rings is 1. The Morgan fingerprint density at radius 1 is 0.923 bits per heavy atom. The van der Waals surface area contributed by atoms with Crippen LogP contribution in [0.4, 0.5) is 0 Å². The van der Waals surface area contributed by atoms with Crippen LogP contribution in [0.2, 0.25) is 0 Å². The molecule has 0 bridgehead atoms. The second-order valence-corrected chi connectivity index (χ2v) is 3.74. The van der Waals surface area contributed by atoms with E-state index in [0.717, 1.165) is 11.3 Å². The second-order valence-electron chi connectivity index (χ2n) is 3.74. The monoisotopic (exact) mass is 174 g/mol. The number of hydrogen-bond acceptors (Lipinski definition) is 1. The zero-order valence-corrected chi connectivity index (χ0v) is 8.56. The summed E-state index contributed by atoms with van der Waals surface area (Å²) >= 11 is 0. The fourth-order valence-corrected chi connectivity index (χ4v) is 1.80. The lowest BCUT2D eigenvalue weighted by atomic mass is 10.0. The Morgan fingerprint density at radius 3 is 2.31 bits per heavy atom. The summed E-state index contributed by atoms with van der Waals surface area (Å²) < 4.78 is 5.63. The summed E-state index contributed by atoms with van der Waals surface area (Å²) in [5.41, 5.74) is 4.94. The van der Waals surface area contributed by atoms with Crippen LogP contribution in [0, 0.1) is 27.7 Å². The predicted octanol–water partition coefficient (Wildman–Crippen LogP) is 3.67. The molecular weight excluding hydrogens is 160 g/mol. The van der Waals surface area contributed by atoms with Crippen LogP contribution in [-0.4, -0.2) is 0 Å². The molecule has 2 aromatic rings. The molecule has 0 saturated carbocycles. The predicted molar refractivity (Wildman–Crippen MR) is 55.2 cm³/mol. The standard InChI is InChI=1S/C12H14O/c1-7-5-8(2)12-11(10(7)4)6-9(3)13-12/h5-6H,1-4H3. The van der Waals surface area contributed by atoms with Gasteiger partial charge < -0.3 is 4.42 Å². The van der Waals surface area contributed by atoms with Crippen molar-refractivity contribution in [1.82, 2.24) is 0 Å². The topological polar surface area (TPSA) is 13.1 Å². The van der Waals surface area contributed by atoms with Gasteiger partial charge in [0, 0.05) is 5.39 Å². The van der Waals surface area contributed by atoms with Crippen LogP contribution in [0.3, 0.4) is 0 Å². The summed E-state index contributed by atoms with van der Waals surface area (Å²) in [5, 5.41) is 1.26. The molecule has 0 radical (unpaired) electrons. The highest BCUT2D eigenvalue weighted by molar-refractivity contribution is 5.85. The van der Waals surface area contributed by atoms with Gasteiger partial charge in [-0.1, -0.05) is 6.07 Å². The minimum atomic E-state index is 0.992. The van der Waals surface area contributed by atoms with Crippen LogP contribution in [0.25, 0.3) is 11.0 Å². The number of fused-ring (bicyclic) bond motifs is 1. The van der Waals surface area contributed by atoms with Gasteiger partial charge in [0.25, 0.3) is 0 Å². The maximum Gasteiger partial charge on any atom is 0.137 e. The van der Waals surface area contributed by atoms with Gasteiger partial charge in [0.05, 0.1) is 0 Å². The molecule has 1 aromatic heterocycles. The van der Waals surface area contributed by atoms with Gasteiger partial charge in [0.15, 0.2) is 0 Å². The summed E-state index contributed by atoms with van der Waals surface area (Å²) in [6.45, 7) is 8.38. The van der Waals surface area contributed by atoms with Crippen molar-refractivity contribution in [3.05, 3.63) is 34.6 Å². The highest BCUT2D eigenvalue weighted by atomic mass is 16.3. The van der Waals surface area contributed by atoms with Gasteiger partial charge in [-0.15, -0.1) is 0 Å². The van der Waals surface area contributed by atoms with Crippen LogP contribution < -0.4 is 0 Å². The van der Waals surface area contributed by atoms with Crippen molar-refractivity contribution < 1.29 is 4.42 Å². The van der Waals surface area contributed by atoms with Crippen LogP contribution in [0.5, 0.6) is 0 Å². The van der Waals surface area contributed by atoms with E-state index >= 15 is 0 Å². The lowest BCUT2D eigenvalue weighted by Crippen LogP contribution is -1.83. The smallest absolute Gasteiger partial charge is 0.137 e. The first-order valence-corrected chi connectivity index (χ1v) is 4.56. The largest absolute Gasteiger partial charge is 0.461 e. The van der Waals surface area contributed by atoms with Gasteiger partial charge in [-0.2, -0.15) is 0 Å². The molecule has 0 unspecified atom stereocenters. The molecule has 0 atom stereocenters. The number of aryl methyl sites for hydroxylation is 4. The van der Waals surface area contributed by atoms with Gasteiger partial charge >= 0.3 is 0 Å². The molecule has 0 spiro atoms. The normalized spacial score (nSPS) is 11.1. The first-order chi connectivity index (χ1) is 6.09. The van der Waals surface area contributed by atoms with Gasteiger partial charge in [-0.25, -0.2) is 0 Å². The Kier molecular flexibility index (Phi) is 1.69. The molecule has 1 aromatic carbocycles. The molecule has 0 N–H and O–H groups in total. The Bertz CT molecular complexity index is 463. The van der Waals surface area contributed by atoms with Crippen LogP contribution in [0.15, 0.2) is 16.5 Å². The maximum absolute atomic E-state index is 5.63. The number of hydrogen-bond donors (Lipinski definition) is 0. The van der Waals surface area contributed by atoms with Crippen LogP contribution >= 0.6 is 0 Å². The van der Waals surface area contributed by atoms with E-state index < -0.39 is 0 Å². The van der Waals surface area contributed by atoms with E-state index in [4.69, 9.17) is 4.42 Å². The SMILES string of the molecule is Cc1cc2c(C)c(C)cc(C)c2o1. The van der Waals surface area contributed by atoms with Crippen molar-refractivity contribution in [3.8, 4) is 0 Å². The molecule has 0 saturated heterocycles. The highest BCUT2D eigenvalue weighted by Crippen LogP contribution is 2.27. The molecule has 0 aliphatic rings. The molecule has 13 heavy (non-hydrogen) atoms. The van der Waals surface area contributed by atoms with Crippen molar-refractivity contribution in [2.24, 2.45) is 0 Å². The lowest BCUT2D eigenvalue weighted by Gasteiger charge is -2.02. The summed E-state index contributed by atoms with van der Waals surface area (Å²) in [6.07, 6.45) is 0. The molecule has 2 rings (SSSR count). The third-order valence-electron chi connectivity index (χ3n) is 2.64. The number of rotatable bonds is 0. The highest BCUT2D eigenvalue weighted by Gasteiger charge is 2.07. The van der Waals surface area contributed by atoms with E-state index in [-0.39, 0.29) is 0 Å². The third kappa shape index (κ3) is 1.15. The molecule has 0 fully saturated rings. The Morgan fingerprint density at radius 2 is 1.62 bits per heavy atom. The number of furan rings is 1. The second kappa shape index (κ2) is 2.63. The summed E-state index contributed by atoms with van der Waals surface area (Å²) in [4.78, 5) is 0. The Hall–Kier alpha value is -1.24. The maximum atomic E-state index is 5.63. The van der Waals surface area contributed by atoms with E-state index in [0.29, 0.717) is 0 Å². The minimum Gasteiger partial charge on any atom is -0.461 e. The first kappa shape index (κ1) is 8.36. The van der Waals surface area contributed by atoms with Crippen LogP contribution in [-0.2, 0) is 0 Å². The lowest BCUT2D eigenvalue weighted by molar-refractivity contribution is 0.576. The summed E-state index contributed by atoms with van der Waals surface area (Å²) in [7, 11) is 0. The Labute approximate surface area is 78.4 Å². The van der Waals surface area contributed by atoms with Crippen molar-refractivity contribution in [2.75, 3.05) is 0 Å². The summed E-state index contributed by atoms with van der Waals surface area (Å²) in [6, 6.07) is 4.30. The third-order valence-corrected chi connectivity index (χ3v) is 2.64. The van der Waals surface area contributed by atoms with Crippen molar-refractivity contribution >= 4 is 11.0 Å². The molecule has 1 nitrogen and oxygen atoms in total. The van der Waals surface area contributed by atoms with E-state index in [1.165, 1.54) is 22.1 Å². The van der Waals surface area contributed by atoms with E-state index in [9.17, 15) is 0 Å². The minimum absolute atomic E-state index is 0.992. The average molecular weight is 174 g/mol. The van der Waals surface area contributed by atoms with Gasteiger partial charge in [-0.3, -0.25) is 0 Å².